The monoisotopic (exact) mass is 275 g/mol. The maximum absolute atomic E-state index is 4.46. The van der Waals surface area contributed by atoms with Gasteiger partial charge in [0.15, 0.2) is 0 Å². The average Bonchev–Trinajstić information content (AvgIpc) is 2.46. The highest BCUT2D eigenvalue weighted by molar-refractivity contribution is 5.54. The minimum Gasteiger partial charge on any atom is -0.371 e. The zero-order valence-corrected chi connectivity index (χ0v) is 13.4. The first kappa shape index (κ1) is 15.3. The van der Waals surface area contributed by atoms with Crippen molar-refractivity contribution >= 4 is 5.69 Å². The summed E-state index contributed by atoms with van der Waals surface area (Å²) in [5.41, 5.74) is 3.84. The average molecular weight is 275 g/mol. The predicted octanol–water partition coefficient (Wildman–Crippen LogP) is 3.37. The third-order valence-electron chi connectivity index (χ3n) is 4.49. The van der Waals surface area contributed by atoms with Crippen LogP contribution in [0.3, 0.4) is 0 Å². The van der Waals surface area contributed by atoms with Gasteiger partial charge in [-0.25, -0.2) is 0 Å². The molecule has 1 saturated heterocycles. The van der Waals surface area contributed by atoms with E-state index in [0.29, 0.717) is 0 Å². The second-order valence-corrected chi connectivity index (χ2v) is 6.30. The number of hydrogen-bond donors (Lipinski definition) is 1. The number of aromatic nitrogens is 1. The first-order valence-electron chi connectivity index (χ1n) is 8.03. The molecule has 3 nitrogen and oxygen atoms in total. The molecule has 0 radical (unpaired) electrons. The lowest BCUT2D eigenvalue weighted by Gasteiger charge is -2.36. The van der Waals surface area contributed by atoms with E-state index in [-0.39, 0.29) is 0 Å². The normalized spacial score (nSPS) is 16.9. The van der Waals surface area contributed by atoms with E-state index in [9.17, 15) is 0 Å². The summed E-state index contributed by atoms with van der Waals surface area (Å²) < 4.78 is 0. The van der Waals surface area contributed by atoms with Gasteiger partial charge in [-0.3, -0.25) is 4.98 Å². The van der Waals surface area contributed by atoms with Gasteiger partial charge < -0.3 is 10.2 Å². The van der Waals surface area contributed by atoms with Gasteiger partial charge in [-0.1, -0.05) is 20.8 Å². The number of pyridine rings is 1. The summed E-state index contributed by atoms with van der Waals surface area (Å²) in [6.45, 7) is 13.2. The third kappa shape index (κ3) is 3.72. The summed E-state index contributed by atoms with van der Waals surface area (Å²) >= 11 is 0. The molecule has 0 saturated carbocycles. The van der Waals surface area contributed by atoms with Crippen LogP contribution in [0.15, 0.2) is 12.3 Å². The van der Waals surface area contributed by atoms with Crippen molar-refractivity contribution in [3.05, 3.63) is 23.5 Å². The van der Waals surface area contributed by atoms with E-state index in [4.69, 9.17) is 0 Å². The molecule has 20 heavy (non-hydrogen) atoms. The summed E-state index contributed by atoms with van der Waals surface area (Å²) in [6, 6.07) is 2.25. The van der Waals surface area contributed by atoms with Crippen molar-refractivity contribution in [3.8, 4) is 0 Å². The maximum Gasteiger partial charge on any atom is 0.0445 e. The zero-order chi connectivity index (χ0) is 14.5. The minimum atomic E-state index is 0.817. The third-order valence-corrected chi connectivity index (χ3v) is 4.49. The van der Waals surface area contributed by atoms with E-state index in [1.165, 1.54) is 37.2 Å². The highest BCUT2D eigenvalue weighted by Crippen LogP contribution is 2.29. The number of nitrogens with zero attached hydrogens (tertiary/aromatic N) is 2. The van der Waals surface area contributed by atoms with Crippen LogP contribution >= 0.6 is 0 Å². The lowest BCUT2D eigenvalue weighted by atomic mass is 9.86. The van der Waals surface area contributed by atoms with E-state index in [0.717, 1.165) is 30.6 Å². The van der Waals surface area contributed by atoms with Gasteiger partial charge in [-0.05, 0) is 44.2 Å². The minimum absolute atomic E-state index is 0.817. The molecule has 1 fully saturated rings. The van der Waals surface area contributed by atoms with Gasteiger partial charge in [0.05, 0.1) is 0 Å². The van der Waals surface area contributed by atoms with Gasteiger partial charge in [0.25, 0.3) is 0 Å². The van der Waals surface area contributed by atoms with Crippen LogP contribution in [-0.4, -0.2) is 24.6 Å². The second-order valence-electron chi connectivity index (χ2n) is 6.30. The van der Waals surface area contributed by atoms with E-state index in [1.54, 1.807) is 0 Å². The zero-order valence-electron chi connectivity index (χ0n) is 13.4. The van der Waals surface area contributed by atoms with Crippen LogP contribution in [0.1, 0.15) is 44.9 Å². The summed E-state index contributed by atoms with van der Waals surface area (Å²) in [5, 5.41) is 3.42. The molecule has 1 aliphatic heterocycles. The van der Waals surface area contributed by atoms with E-state index >= 15 is 0 Å². The lowest BCUT2D eigenvalue weighted by molar-refractivity contribution is 0.311. The van der Waals surface area contributed by atoms with Crippen molar-refractivity contribution < 1.29 is 0 Å². The van der Waals surface area contributed by atoms with E-state index in [2.05, 4.69) is 49.0 Å². The number of aryl methyl sites for hydroxylation is 1. The number of hydrogen-bond acceptors (Lipinski definition) is 3. The fourth-order valence-corrected chi connectivity index (χ4v) is 3.07. The molecule has 1 aliphatic rings. The van der Waals surface area contributed by atoms with Crippen LogP contribution in [0.25, 0.3) is 0 Å². The van der Waals surface area contributed by atoms with E-state index in [1.807, 2.05) is 6.20 Å². The largest absolute Gasteiger partial charge is 0.371 e. The first-order valence-corrected chi connectivity index (χ1v) is 8.03. The fourth-order valence-electron chi connectivity index (χ4n) is 3.07. The molecule has 0 aliphatic carbocycles. The molecule has 2 heterocycles. The SMILES string of the molecule is CCNCc1cnc(C)cc1N1CCC(C(C)C)CC1. The Morgan fingerprint density at radius 3 is 2.65 bits per heavy atom. The van der Waals surface area contributed by atoms with Gasteiger partial charge in [-0.2, -0.15) is 0 Å². The number of rotatable bonds is 5. The van der Waals surface area contributed by atoms with Gasteiger partial charge in [0.2, 0.25) is 0 Å². The summed E-state index contributed by atoms with van der Waals surface area (Å²) in [5.74, 6) is 1.71. The molecule has 0 spiro atoms. The standard InChI is InChI=1S/C17H29N3/c1-5-18-11-16-12-19-14(4)10-17(16)20-8-6-15(7-9-20)13(2)3/h10,12-13,15,18H,5-9,11H2,1-4H3. The molecule has 1 N–H and O–H groups in total. The highest BCUT2D eigenvalue weighted by atomic mass is 15.1. The van der Waals surface area contributed by atoms with Crippen molar-refractivity contribution in [1.29, 1.82) is 0 Å². The number of piperidine rings is 1. The first-order chi connectivity index (χ1) is 9.61. The van der Waals surface area contributed by atoms with Crippen LogP contribution in [0.2, 0.25) is 0 Å². The Morgan fingerprint density at radius 1 is 1.35 bits per heavy atom. The summed E-state index contributed by atoms with van der Waals surface area (Å²) in [4.78, 5) is 7.02. The molecule has 0 aromatic carbocycles. The Kier molecular flexibility index (Phi) is 5.41. The van der Waals surface area contributed by atoms with Crippen LogP contribution < -0.4 is 10.2 Å². The molecular weight excluding hydrogens is 246 g/mol. The van der Waals surface area contributed by atoms with Gasteiger partial charge >= 0.3 is 0 Å². The van der Waals surface area contributed by atoms with Crippen LogP contribution in [0.5, 0.6) is 0 Å². The Bertz CT molecular complexity index is 420. The molecule has 1 aromatic heterocycles. The molecule has 0 bridgehead atoms. The van der Waals surface area contributed by atoms with Crippen molar-refractivity contribution in [3.63, 3.8) is 0 Å². The van der Waals surface area contributed by atoms with Crippen LogP contribution in [0.4, 0.5) is 5.69 Å². The van der Waals surface area contributed by atoms with Crippen LogP contribution in [0, 0.1) is 18.8 Å². The predicted molar refractivity (Wildman–Crippen MR) is 86.1 cm³/mol. The Hall–Kier alpha value is -1.09. The van der Waals surface area contributed by atoms with Crippen molar-refractivity contribution in [2.75, 3.05) is 24.5 Å². The van der Waals surface area contributed by atoms with Crippen LogP contribution in [-0.2, 0) is 6.54 Å². The van der Waals surface area contributed by atoms with Gasteiger partial charge in [0, 0.05) is 42.8 Å². The smallest absolute Gasteiger partial charge is 0.0445 e. The summed E-state index contributed by atoms with van der Waals surface area (Å²) in [7, 11) is 0. The molecule has 1 aromatic rings. The lowest BCUT2D eigenvalue weighted by Crippen LogP contribution is -2.36. The van der Waals surface area contributed by atoms with Crippen molar-refractivity contribution in [2.45, 2.75) is 47.1 Å². The summed E-state index contributed by atoms with van der Waals surface area (Å²) in [6.07, 6.45) is 4.68. The van der Waals surface area contributed by atoms with Gasteiger partial charge in [0.1, 0.15) is 0 Å². The van der Waals surface area contributed by atoms with Gasteiger partial charge in [-0.15, -0.1) is 0 Å². The Balaban J connectivity index is 2.09. The molecule has 0 atom stereocenters. The van der Waals surface area contributed by atoms with Crippen molar-refractivity contribution in [1.82, 2.24) is 10.3 Å². The Morgan fingerprint density at radius 2 is 2.05 bits per heavy atom. The Labute approximate surface area is 123 Å². The molecule has 112 valence electrons. The number of anilines is 1. The molecular formula is C17H29N3. The highest BCUT2D eigenvalue weighted by Gasteiger charge is 2.23. The second kappa shape index (κ2) is 7.07. The topological polar surface area (TPSA) is 28.2 Å². The maximum atomic E-state index is 4.46. The fraction of sp³-hybridized carbons (Fsp3) is 0.706. The quantitative estimate of drug-likeness (QED) is 0.893. The molecule has 3 heteroatoms. The molecule has 0 unspecified atom stereocenters. The van der Waals surface area contributed by atoms with E-state index < -0.39 is 0 Å². The molecule has 0 amide bonds. The number of nitrogens with one attached hydrogen (secondary N) is 1. The van der Waals surface area contributed by atoms with Crippen molar-refractivity contribution in [2.24, 2.45) is 11.8 Å². The molecule has 2 rings (SSSR count).